The quantitative estimate of drug-likeness (QED) is 0.591. The third kappa shape index (κ3) is 3.88. The molecule has 4 aliphatic rings. The molecule has 0 saturated carbocycles. The van der Waals surface area contributed by atoms with E-state index >= 15 is 0 Å². The van der Waals surface area contributed by atoms with Gasteiger partial charge in [-0.1, -0.05) is 0 Å². The summed E-state index contributed by atoms with van der Waals surface area (Å²) < 4.78 is 19.3. The molecule has 8 nitrogen and oxygen atoms in total. The van der Waals surface area contributed by atoms with Gasteiger partial charge >= 0.3 is 0 Å². The third-order valence-electron chi connectivity index (χ3n) is 5.22. The van der Waals surface area contributed by atoms with E-state index in [0.29, 0.717) is 22.6 Å². The molecule has 4 heterocycles. The first kappa shape index (κ1) is 19.0. The average molecular weight is 478 g/mol. The number of fused-ring (bicyclic) bond motifs is 2. The SMILES string of the molecule is Nc1ncn(CCC2CCOCC2)c2nc(Sc3cc4c(cc3Br)OCO4)nc1-2. The molecule has 5 rings (SSSR count). The van der Waals surface area contributed by atoms with Crippen LogP contribution in [0.2, 0.25) is 0 Å². The van der Waals surface area contributed by atoms with Crippen LogP contribution >= 0.6 is 27.7 Å². The first-order valence-corrected chi connectivity index (χ1v) is 11.1. The van der Waals surface area contributed by atoms with Crippen LogP contribution in [-0.2, 0) is 11.3 Å². The lowest BCUT2D eigenvalue weighted by atomic mass is 9.96. The summed E-state index contributed by atoms with van der Waals surface area (Å²) in [7, 11) is 0. The zero-order chi connectivity index (χ0) is 19.8. The predicted molar refractivity (Wildman–Crippen MR) is 111 cm³/mol. The molecule has 0 spiro atoms. The number of hydrogen-bond acceptors (Lipinski definition) is 8. The van der Waals surface area contributed by atoms with Crippen LogP contribution in [-0.4, -0.2) is 39.5 Å². The molecule has 0 atom stereocenters. The van der Waals surface area contributed by atoms with Crippen molar-refractivity contribution in [2.24, 2.45) is 5.92 Å². The van der Waals surface area contributed by atoms with Crippen LogP contribution in [0, 0.1) is 5.92 Å². The molecule has 2 N–H and O–H groups in total. The van der Waals surface area contributed by atoms with Crippen molar-refractivity contribution in [3.63, 3.8) is 0 Å². The van der Waals surface area contributed by atoms with E-state index in [9.17, 15) is 0 Å². The number of aryl methyl sites for hydroxylation is 1. The second-order valence-electron chi connectivity index (χ2n) is 7.08. The number of aromatic nitrogens is 4. The zero-order valence-corrected chi connectivity index (χ0v) is 18.0. The smallest absolute Gasteiger partial charge is 0.231 e. The molecule has 0 radical (unpaired) electrons. The largest absolute Gasteiger partial charge is 0.454 e. The number of nitrogens with two attached hydrogens (primary N) is 1. The highest BCUT2D eigenvalue weighted by Crippen LogP contribution is 2.43. The number of nitrogens with zero attached hydrogens (tertiary/aromatic N) is 4. The Labute approximate surface area is 180 Å². The molecule has 0 bridgehead atoms. The monoisotopic (exact) mass is 477 g/mol. The summed E-state index contributed by atoms with van der Waals surface area (Å²) in [4.78, 5) is 14.6. The van der Waals surface area contributed by atoms with Gasteiger partial charge in [-0.3, -0.25) is 0 Å². The van der Waals surface area contributed by atoms with Crippen LogP contribution in [0.5, 0.6) is 11.5 Å². The van der Waals surface area contributed by atoms with Gasteiger partial charge in [0.15, 0.2) is 34.0 Å². The molecule has 29 heavy (non-hydrogen) atoms. The van der Waals surface area contributed by atoms with Crippen LogP contribution in [0.3, 0.4) is 0 Å². The number of anilines is 1. The van der Waals surface area contributed by atoms with Crippen LogP contribution in [0.4, 0.5) is 5.82 Å². The van der Waals surface area contributed by atoms with Crippen molar-refractivity contribution in [3.05, 3.63) is 22.9 Å². The Morgan fingerprint density at radius 1 is 1.17 bits per heavy atom. The summed E-state index contributed by atoms with van der Waals surface area (Å²) in [5.74, 6) is 3.29. The molecule has 4 aliphatic heterocycles. The zero-order valence-electron chi connectivity index (χ0n) is 15.6. The number of ether oxygens (including phenoxy) is 3. The Hall–Kier alpha value is -2.04. The molecule has 0 unspecified atom stereocenters. The third-order valence-corrected chi connectivity index (χ3v) is 7.06. The van der Waals surface area contributed by atoms with Gasteiger partial charge in [-0.15, -0.1) is 0 Å². The minimum absolute atomic E-state index is 0.238. The van der Waals surface area contributed by atoms with Gasteiger partial charge in [-0.2, -0.15) is 0 Å². The molecule has 1 saturated heterocycles. The fourth-order valence-corrected chi connectivity index (χ4v) is 4.93. The number of hydrogen-bond donors (Lipinski definition) is 1. The highest BCUT2D eigenvalue weighted by atomic mass is 79.9. The van der Waals surface area contributed by atoms with Crippen molar-refractivity contribution in [2.75, 3.05) is 25.7 Å². The minimum Gasteiger partial charge on any atom is -0.454 e. The molecule has 10 heteroatoms. The lowest BCUT2D eigenvalue weighted by Crippen LogP contribution is -2.18. The van der Waals surface area contributed by atoms with Gasteiger partial charge in [0, 0.05) is 29.1 Å². The molecule has 0 aliphatic carbocycles. The highest BCUT2D eigenvalue weighted by molar-refractivity contribution is 9.10. The maximum absolute atomic E-state index is 6.08. The molecule has 0 aromatic heterocycles. The van der Waals surface area contributed by atoms with Gasteiger partial charge in [0.05, 0.1) is 6.33 Å². The van der Waals surface area contributed by atoms with Gasteiger partial charge in [-0.25, -0.2) is 15.0 Å². The van der Waals surface area contributed by atoms with Gasteiger partial charge < -0.3 is 24.5 Å². The van der Waals surface area contributed by atoms with E-state index < -0.39 is 0 Å². The van der Waals surface area contributed by atoms with Crippen molar-refractivity contribution < 1.29 is 14.2 Å². The first-order chi connectivity index (χ1) is 14.2. The summed E-state index contributed by atoms with van der Waals surface area (Å²) in [6, 6.07) is 3.83. The van der Waals surface area contributed by atoms with E-state index in [0.717, 1.165) is 65.7 Å². The predicted octanol–water partition coefficient (Wildman–Crippen LogP) is 3.82. The Morgan fingerprint density at radius 2 is 1.97 bits per heavy atom. The summed E-state index contributed by atoms with van der Waals surface area (Å²) in [6.45, 7) is 2.78. The van der Waals surface area contributed by atoms with Gasteiger partial charge in [0.2, 0.25) is 6.79 Å². The molecule has 1 aromatic rings. The number of rotatable bonds is 5. The summed E-state index contributed by atoms with van der Waals surface area (Å²) in [5.41, 5.74) is 6.71. The maximum atomic E-state index is 6.08. The second-order valence-corrected chi connectivity index (χ2v) is 8.95. The standard InChI is InChI=1S/C19H20BrN5O3S/c20-12-7-13-14(28-10-27-13)8-15(12)29-19-23-16-17(21)22-9-25(18(16)24-19)4-1-11-2-5-26-6-3-11/h7-9,11H,1-6,10,21H2. The highest BCUT2D eigenvalue weighted by Gasteiger charge is 2.23. The maximum Gasteiger partial charge on any atom is 0.231 e. The average Bonchev–Trinajstić information content (AvgIpc) is 3.36. The topological polar surface area (TPSA) is 97.3 Å². The van der Waals surface area contributed by atoms with E-state index in [4.69, 9.17) is 24.9 Å². The molecule has 1 aromatic carbocycles. The number of nitrogen functional groups attached to an aromatic ring is 1. The van der Waals surface area contributed by atoms with Crippen LogP contribution in [0.25, 0.3) is 11.5 Å². The van der Waals surface area contributed by atoms with Gasteiger partial charge in [0.25, 0.3) is 0 Å². The van der Waals surface area contributed by atoms with Crippen LogP contribution in [0.1, 0.15) is 19.3 Å². The lowest BCUT2D eigenvalue weighted by molar-refractivity contribution is 0.0626. The van der Waals surface area contributed by atoms with E-state index in [1.54, 1.807) is 6.33 Å². The van der Waals surface area contributed by atoms with Crippen LogP contribution in [0.15, 0.2) is 33.0 Å². The summed E-state index contributed by atoms with van der Waals surface area (Å²) in [6.07, 6.45) is 5.05. The van der Waals surface area contributed by atoms with E-state index in [1.807, 2.05) is 16.7 Å². The number of benzene rings is 1. The Kier molecular flexibility index (Phi) is 5.23. The van der Waals surface area contributed by atoms with Crippen LogP contribution < -0.4 is 15.2 Å². The molecule has 1 fully saturated rings. The van der Waals surface area contributed by atoms with Crippen molar-refractivity contribution in [1.29, 1.82) is 0 Å². The van der Waals surface area contributed by atoms with E-state index in [1.165, 1.54) is 11.8 Å². The Morgan fingerprint density at radius 3 is 2.79 bits per heavy atom. The molecular formula is C19H20BrN5O3S. The second kappa shape index (κ2) is 8.00. The number of imidazole rings is 1. The molecular weight excluding hydrogens is 458 g/mol. The normalized spacial score (nSPS) is 16.6. The van der Waals surface area contributed by atoms with Gasteiger partial charge in [0.1, 0.15) is 0 Å². The molecule has 0 amide bonds. The van der Waals surface area contributed by atoms with Crippen molar-refractivity contribution in [3.8, 4) is 23.0 Å². The fraction of sp³-hybridized carbons (Fsp3) is 0.421. The number of halogens is 1. The van der Waals surface area contributed by atoms with E-state index in [-0.39, 0.29) is 6.79 Å². The van der Waals surface area contributed by atoms with E-state index in [2.05, 4.69) is 25.9 Å². The van der Waals surface area contributed by atoms with Crippen molar-refractivity contribution in [2.45, 2.75) is 35.9 Å². The summed E-state index contributed by atoms with van der Waals surface area (Å²) in [5, 5.41) is 0.624. The Bertz CT molecular complexity index is 1010. The summed E-state index contributed by atoms with van der Waals surface area (Å²) >= 11 is 5.04. The van der Waals surface area contributed by atoms with Crippen molar-refractivity contribution >= 4 is 33.5 Å². The first-order valence-electron chi connectivity index (χ1n) is 9.50. The molecule has 152 valence electrons. The fourth-order valence-electron chi connectivity index (χ4n) is 3.58. The van der Waals surface area contributed by atoms with Gasteiger partial charge in [-0.05, 0) is 65.0 Å². The minimum atomic E-state index is 0.238. The Balaban J connectivity index is 1.39. The lowest BCUT2D eigenvalue weighted by Gasteiger charge is -2.22. The van der Waals surface area contributed by atoms with Crippen molar-refractivity contribution in [1.82, 2.24) is 19.5 Å².